The Kier molecular flexibility index (Phi) is 8.37. The van der Waals surface area contributed by atoms with Gasteiger partial charge in [0.05, 0.1) is 24.9 Å². The van der Waals surface area contributed by atoms with E-state index in [-0.39, 0.29) is 30.8 Å². The normalized spacial score (nSPS) is 33.0. The summed E-state index contributed by atoms with van der Waals surface area (Å²) in [7, 11) is 3.31. The largest absolute Gasteiger partial charge is 0.394 e. The van der Waals surface area contributed by atoms with E-state index in [2.05, 4.69) is 12.8 Å². The van der Waals surface area contributed by atoms with Gasteiger partial charge in [0.1, 0.15) is 12.2 Å². The molecule has 0 aromatic carbocycles. The zero-order chi connectivity index (χ0) is 16.7. The van der Waals surface area contributed by atoms with E-state index in [1.54, 1.807) is 14.2 Å². The molecule has 1 aliphatic heterocycles. The van der Waals surface area contributed by atoms with E-state index in [0.29, 0.717) is 12.3 Å². The van der Waals surface area contributed by atoms with Gasteiger partial charge in [0.2, 0.25) is 0 Å². The van der Waals surface area contributed by atoms with Crippen molar-refractivity contribution in [1.82, 2.24) is 0 Å². The van der Waals surface area contributed by atoms with Crippen molar-refractivity contribution >= 4 is 0 Å². The first-order valence-electron chi connectivity index (χ1n) is 7.91. The van der Waals surface area contributed by atoms with Crippen molar-refractivity contribution in [2.45, 2.75) is 63.6 Å². The molecule has 0 saturated carbocycles. The lowest BCUT2D eigenvalue weighted by molar-refractivity contribution is -0.219. The molecule has 0 amide bonds. The predicted octanol–water partition coefficient (Wildman–Crippen LogP) is 1.21. The van der Waals surface area contributed by atoms with Crippen LogP contribution in [0.1, 0.15) is 33.1 Å². The highest BCUT2D eigenvalue weighted by Gasteiger charge is 2.43. The van der Waals surface area contributed by atoms with Gasteiger partial charge in [0.25, 0.3) is 0 Å². The van der Waals surface area contributed by atoms with E-state index in [0.717, 1.165) is 12.8 Å². The lowest BCUT2D eigenvalue weighted by Crippen LogP contribution is -2.54. The second-order valence-corrected chi connectivity index (χ2v) is 6.33. The lowest BCUT2D eigenvalue weighted by atomic mass is 9.85. The summed E-state index contributed by atoms with van der Waals surface area (Å²) in [5.41, 5.74) is 0. The summed E-state index contributed by atoms with van der Waals surface area (Å²) in [5, 5.41) is 19.2. The topological polar surface area (TPSA) is 68.2 Å². The Morgan fingerprint density at radius 3 is 2.55 bits per heavy atom. The smallest absolute Gasteiger partial charge is 0.110 e. The molecule has 5 nitrogen and oxygen atoms in total. The summed E-state index contributed by atoms with van der Waals surface area (Å²) in [6, 6.07) is 0. The maximum absolute atomic E-state index is 9.97. The minimum atomic E-state index is -0.893. The second kappa shape index (κ2) is 9.49. The van der Waals surface area contributed by atoms with Crippen molar-refractivity contribution in [3.05, 3.63) is 0 Å². The van der Waals surface area contributed by atoms with Crippen molar-refractivity contribution < 1.29 is 24.4 Å². The minimum Gasteiger partial charge on any atom is -0.394 e. The highest BCUT2D eigenvalue weighted by atomic mass is 16.6. The van der Waals surface area contributed by atoms with Crippen LogP contribution in [0, 0.1) is 24.2 Å². The molecule has 1 saturated heterocycles. The molecule has 0 aliphatic carbocycles. The van der Waals surface area contributed by atoms with Gasteiger partial charge in [0, 0.05) is 20.6 Å². The fourth-order valence-corrected chi connectivity index (χ4v) is 3.21. The molecule has 2 N–H and O–H groups in total. The van der Waals surface area contributed by atoms with Crippen LogP contribution in [0.3, 0.4) is 0 Å². The van der Waals surface area contributed by atoms with Gasteiger partial charge in [-0.1, -0.05) is 13.8 Å². The number of aliphatic hydroxyl groups is 2. The zero-order valence-electron chi connectivity index (χ0n) is 14.1. The summed E-state index contributed by atoms with van der Waals surface area (Å²) in [5.74, 6) is 3.08. The summed E-state index contributed by atoms with van der Waals surface area (Å²) in [6.45, 7) is 3.76. The SMILES string of the molecule is C#CC[C@H](C)C[C@H](OC)[C@H]1O[C@@H]([C@@H](O)CO)[C@H](C)C[C@@H]1OC. The minimum absolute atomic E-state index is 0.0971. The van der Waals surface area contributed by atoms with Crippen LogP contribution in [-0.2, 0) is 14.2 Å². The Labute approximate surface area is 134 Å². The quantitative estimate of drug-likeness (QED) is 0.659. The molecule has 0 aromatic rings. The first-order valence-corrected chi connectivity index (χ1v) is 7.91. The molecule has 1 rings (SSSR count). The summed E-state index contributed by atoms with van der Waals surface area (Å²) < 4.78 is 17.3. The van der Waals surface area contributed by atoms with E-state index in [4.69, 9.17) is 20.6 Å². The van der Waals surface area contributed by atoms with Crippen LogP contribution >= 0.6 is 0 Å². The Bertz CT molecular complexity index is 353. The van der Waals surface area contributed by atoms with E-state index in [1.165, 1.54) is 0 Å². The monoisotopic (exact) mass is 314 g/mol. The third-order valence-corrected chi connectivity index (χ3v) is 4.48. The third-order valence-electron chi connectivity index (χ3n) is 4.48. The Balaban J connectivity index is 2.83. The van der Waals surface area contributed by atoms with Crippen molar-refractivity contribution in [1.29, 1.82) is 0 Å². The molecule has 1 aliphatic rings. The molecule has 7 atom stereocenters. The first kappa shape index (κ1) is 19.4. The highest BCUT2D eigenvalue weighted by Crippen LogP contribution is 2.33. The van der Waals surface area contributed by atoms with Gasteiger partial charge in [-0.25, -0.2) is 0 Å². The number of hydrogen-bond donors (Lipinski definition) is 2. The average molecular weight is 314 g/mol. The van der Waals surface area contributed by atoms with Crippen LogP contribution in [0.4, 0.5) is 0 Å². The number of hydrogen-bond acceptors (Lipinski definition) is 5. The lowest BCUT2D eigenvalue weighted by Gasteiger charge is -2.44. The van der Waals surface area contributed by atoms with Crippen LogP contribution in [0.15, 0.2) is 0 Å². The van der Waals surface area contributed by atoms with Gasteiger partial charge in [0.15, 0.2) is 0 Å². The second-order valence-electron chi connectivity index (χ2n) is 6.33. The number of methoxy groups -OCH3 is 2. The van der Waals surface area contributed by atoms with E-state index < -0.39 is 12.2 Å². The van der Waals surface area contributed by atoms with Crippen molar-refractivity contribution in [3.63, 3.8) is 0 Å². The van der Waals surface area contributed by atoms with Gasteiger partial charge < -0.3 is 24.4 Å². The molecule has 0 aromatic heterocycles. The van der Waals surface area contributed by atoms with E-state index in [9.17, 15) is 10.2 Å². The predicted molar refractivity (Wildman–Crippen MR) is 84.4 cm³/mol. The van der Waals surface area contributed by atoms with Gasteiger partial charge in [-0.3, -0.25) is 0 Å². The van der Waals surface area contributed by atoms with E-state index >= 15 is 0 Å². The van der Waals surface area contributed by atoms with Gasteiger partial charge in [-0.2, -0.15) is 0 Å². The summed E-state index contributed by atoms with van der Waals surface area (Å²) >= 11 is 0. The molecule has 22 heavy (non-hydrogen) atoms. The molecule has 1 heterocycles. The molecule has 0 bridgehead atoms. The summed E-state index contributed by atoms with van der Waals surface area (Å²) in [6.07, 6.45) is 5.73. The molecule has 128 valence electrons. The van der Waals surface area contributed by atoms with Crippen LogP contribution in [0.5, 0.6) is 0 Å². The molecule has 0 unspecified atom stereocenters. The van der Waals surface area contributed by atoms with Gasteiger partial charge >= 0.3 is 0 Å². The molecular formula is C17H30O5. The average Bonchev–Trinajstić information content (AvgIpc) is 2.52. The third kappa shape index (κ3) is 4.94. The van der Waals surface area contributed by atoms with Crippen LogP contribution < -0.4 is 0 Å². The molecule has 0 radical (unpaired) electrons. The fourth-order valence-electron chi connectivity index (χ4n) is 3.21. The van der Waals surface area contributed by atoms with Gasteiger partial charge in [-0.15, -0.1) is 12.3 Å². The number of terminal acetylenes is 1. The number of aliphatic hydroxyl groups excluding tert-OH is 2. The Morgan fingerprint density at radius 2 is 2.05 bits per heavy atom. The zero-order valence-corrected chi connectivity index (χ0v) is 14.1. The Morgan fingerprint density at radius 1 is 1.36 bits per heavy atom. The maximum atomic E-state index is 9.97. The van der Waals surface area contributed by atoms with Crippen LogP contribution in [0.2, 0.25) is 0 Å². The first-order chi connectivity index (χ1) is 10.5. The fraction of sp³-hybridized carbons (Fsp3) is 0.882. The number of ether oxygens (including phenoxy) is 3. The molecular weight excluding hydrogens is 284 g/mol. The van der Waals surface area contributed by atoms with E-state index in [1.807, 2.05) is 6.92 Å². The molecule has 5 heteroatoms. The van der Waals surface area contributed by atoms with Crippen molar-refractivity contribution in [2.24, 2.45) is 11.8 Å². The number of rotatable bonds is 8. The Hall–Kier alpha value is -0.640. The van der Waals surface area contributed by atoms with Crippen molar-refractivity contribution in [3.8, 4) is 12.3 Å². The standard InChI is InChI=1S/C17H30O5/c1-6-7-11(2)8-14(20-4)17-15(21-5)9-12(3)16(22-17)13(19)10-18/h1,11-19H,7-10H2,2-5H3/t11-,12+,13-,14-,15-,16+,17+/m0/s1. The van der Waals surface area contributed by atoms with Crippen molar-refractivity contribution in [2.75, 3.05) is 20.8 Å². The van der Waals surface area contributed by atoms with Gasteiger partial charge in [-0.05, 0) is 24.7 Å². The maximum Gasteiger partial charge on any atom is 0.110 e. The molecule has 0 spiro atoms. The highest BCUT2D eigenvalue weighted by molar-refractivity contribution is 4.93. The van der Waals surface area contributed by atoms with Crippen LogP contribution in [-0.4, -0.2) is 61.6 Å². The molecule has 1 fully saturated rings. The summed E-state index contributed by atoms with van der Waals surface area (Å²) in [4.78, 5) is 0. The van der Waals surface area contributed by atoms with Crippen LogP contribution in [0.25, 0.3) is 0 Å².